The fourth-order valence-electron chi connectivity index (χ4n) is 2.03. The first-order valence-electron chi connectivity index (χ1n) is 6.26. The van der Waals surface area contributed by atoms with E-state index in [1.807, 2.05) is 37.3 Å². The maximum Gasteiger partial charge on any atom is 0.222 e. The summed E-state index contributed by atoms with van der Waals surface area (Å²) in [5.74, 6) is 0.633. The van der Waals surface area contributed by atoms with E-state index in [4.69, 9.17) is 5.73 Å². The van der Waals surface area contributed by atoms with Crippen molar-refractivity contribution in [1.82, 2.24) is 5.32 Å². The van der Waals surface area contributed by atoms with Gasteiger partial charge in [0.25, 0.3) is 0 Å². The minimum atomic E-state index is 0.0398. The minimum absolute atomic E-state index is 0.0398. The van der Waals surface area contributed by atoms with Crippen LogP contribution in [-0.2, 0) is 4.79 Å². The Bertz CT molecular complexity index is 373. The van der Waals surface area contributed by atoms with Crippen LogP contribution in [0.15, 0.2) is 30.3 Å². The molecular formula is C14H20N2O. The molecule has 1 amide bonds. The van der Waals surface area contributed by atoms with Crippen LogP contribution in [0.5, 0.6) is 0 Å². The van der Waals surface area contributed by atoms with Crippen LogP contribution in [-0.4, -0.2) is 11.9 Å². The molecule has 0 aliphatic heterocycles. The predicted octanol–water partition coefficient (Wildman–Crippen LogP) is 1.99. The molecule has 0 saturated heterocycles. The highest BCUT2D eigenvalue weighted by Gasteiger charge is 2.29. The van der Waals surface area contributed by atoms with Gasteiger partial charge < -0.3 is 11.1 Å². The number of benzene rings is 1. The Hall–Kier alpha value is -1.35. The van der Waals surface area contributed by atoms with Gasteiger partial charge in [-0.05, 0) is 31.2 Å². The van der Waals surface area contributed by atoms with Crippen molar-refractivity contribution in [3.63, 3.8) is 0 Å². The highest BCUT2D eigenvalue weighted by atomic mass is 16.1. The summed E-state index contributed by atoms with van der Waals surface area (Å²) in [5, 5.41) is 2.99. The fourth-order valence-corrected chi connectivity index (χ4v) is 2.03. The monoisotopic (exact) mass is 232 g/mol. The Balaban J connectivity index is 1.81. The van der Waals surface area contributed by atoms with Crippen LogP contribution in [0.1, 0.15) is 37.8 Å². The van der Waals surface area contributed by atoms with Gasteiger partial charge >= 0.3 is 0 Å². The van der Waals surface area contributed by atoms with Crippen LogP contribution in [0, 0.1) is 5.92 Å². The van der Waals surface area contributed by atoms with Gasteiger partial charge in [0.05, 0.1) is 6.04 Å². The van der Waals surface area contributed by atoms with Crippen LogP contribution in [0.2, 0.25) is 0 Å². The molecule has 1 aromatic carbocycles. The lowest BCUT2D eigenvalue weighted by Gasteiger charge is -2.16. The molecule has 0 bridgehead atoms. The Morgan fingerprint density at radius 1 is 1.41 bits per heavy atom. The molecule has 0 radical (unpaired) electrons. The molecular weight excluding hydrogens is 212 g/mol. The van der Waals surface area contributed by atoms with Gasteiger partial charge in [0.15, 0.2) is 0 Å². The van der Waals surface area contributed by atoms with Gasteiger partial charge in [-0.15, -0.1) is 0 Å². The highest BCUT2D eigenvalue weighted by Crippen LogP contribution is 2.32. The Morgan fingerprint density at radius 2 is 2.06 bits per heavy atom. The third-order valence-corrected chi connectivity index (χ3v) is 3.33. The maximum atomic E-state index is 11.8. The van der Waals surface area contributed by atoms with Crippen molar-refractivity contribution in [2.45, 2.75) is 38.3 Å². The second kappa shape index (κ2) is 5.32. The second-order valence-corrected chi connectivity index (χ2v) is 4.91. The van der Waals surface area contributed by atoms with Gasteiger partial charge in [-0.2, -0.15) is 0 Å². The highest BCUT2D eigenvalue weighted by molar-refractivity contribution is 5.77. The molecule has 1 aliphatic rings. The first-order valence-corrected chi connectivity index (χ1v) is 6.26. The summed E-state index contributed by atoms with van der Waals surface area (Å²) in [6, 6.07) is 10.1. The van der Waals surface area contributed by atoms with E-state index in [1.54, 1.807) is 0 Å². The molecule has 1 fully saturated rings. The molecule has 3 N–H and O–H groups in total. The van der Waals surface area contributed by atoms with Crippen molar-refractivity contribution in [2.75, 3.05) is 0 Å². The molecule has 0 spiro atoms. The molecule has 2 rings (SSSR count). The summed E-state index contributed by atoms with van der Waals surface area (Å²) in [7, 11) is 0. The predicted molar refractivity (Wildman–Crippen MR) is 68.3 cm³/mol. The van der Waals surface area contributed by atoms with Gasteiger partial charge in [0.2, 0.25) is 5.91 Å². The smallest absolute Gasteiger partial charge is 0.222 e. The van der Waals surface area contributed by atoms with Crippen molar-refractivity contribution in [3.05, 3.63) is 35.9 Å². The molecule has 17 heavy (non-hydrogen) atoms. The van der Waals surface area contributed by atoms with Crippen LogP contribution in [0.4, 0.5) is 0 Å². The third kappa shape index (κ3) is 3.56. The zero-order valence-corrected chi connectivity index (χ0v) is 10.2. The summed E-state index contributed by atoms with van der Waals surface area (Å²) >= 11 is 0. The molecule has 3 nitrogen and oxygen atoms in total. The lowest BCUT2D eigenvalue weighted by Crippen LogP contribution is -2.34. The van der Waals surface area contributed by atoms with Crippen molar-refractivity contribution >= 4 is 5.91 Å². The van der Waals surface area contributed by atoms with E-state index in [0.29, 0.717) is 12.3 Å². The van der Waals surface area contributed by atoms with Crippen molar-refractivity contribution < 1.29 is 4.79 Å². The quantitative estimate of drug-likeness (QED) is 0.815. The number of hydrogen-bond acceptors (Lipinski definition) is 2. The maximum absolute atomic E-state index is 11.8. The van der Waals surface area contributed by atoms with Gasteiger partial charge in [-0.25, -0.2) is 0 Å². The Kier molecular flexibility index (Phi) is 3.79. The summed E-state index contributed by atoms with van der Waals surface area (Å²) in [6.07, 6.45) is 2.81. The topological polar surface area (TPSA) is 55.1 Å². The van der Waals surface area contributed by atoms with E-state index < -0.39 is 0 Å². The van der Waals surface area contributed by atoms with Crippen LogP contribution < -0.4 is 11.1 Å². The summed E-state index contributed by atoms with van der Waals surface area (Å²) in [5.41, 5.74) is 7.06. The van der Waals surface area contributed by atoms with E-state index in [0.717, 1.165) is 5.56 Å². The number of carbonyl (C=O) groups excluding carboxylic acids is 1. The van der Waals surface area contributed by atoms with Gasteiger partial charge in [0.1, 0.15) is 0 Å². The zero-order valence-electron chi connectivity index (χ0n) is 10.2. The standard InChI is InChI=1S/C14H20N2O/c1-10(11-5-3-2-4-6-11)16-14(17)9-13(15)12-7-8-12/h2-6,10,12-13H,7-9,15H2,1H3,(H,16,17). The zero-order chi connectivity index (χ0) is 12.3. The molecule has 2 atom stereocenters. The van der Waals surface area contributed by atoms with E-state index in [-0.39, 0.29) is 18.0 Å². The average molecular weight is 232 g/mol. The number of nitrogens with two attached hydrogens (primary N) is 1. The SMILES string of the molecule is CC(NC(=O)CC(N)C1CC1)c1ccccc1. The van der Waals surface area contributed by atoms with Crippen LogP contribution >= 0.6 is 0 Å². The Morgan fingerprint density at radius 3 is 2.65 bits per heavy atom. The largest absolute Gasteiger partial charge is 0.350 e. The third-order valence-electron chi connectivity index (χ3n) is 3.33. The molecule has 3 heteroatoms. The molecule has 1 aliphatic carbocycles. The van der Waals surface area contributed by atoms with E-state index in [2.05, 4.69) is 5.32 Å². The molecule has 2 unspecified atom stereocenters. The van der Waals surface area contributed by atoms with E-state index >= 15 is 0 Å². The van der Waals surface area contributed by atoms with Crippen molar-refractivity contribution in [3.8, 4) is 0 Å². The fraction of sp³-hybridized carbons (Fsp3) is 0.500. The van der Waals surface area contributed by atoms with Gasteiger partial charge in [0, 0.05) is 12.5 Å². The van der Waals surface area contributed by atoms with Crippen LogP contribution in [0.25, 0.3) is 0 Å². The van der Waals surface area contributed by atoms with Crippen molar-refractivity contribution in [1.29, 1.82) is 0 Å². The summed E-state index contributed by atoms with van der Waals surface area (Å²) in [6.45, 7) is 2.00. The lowest BCUT2D eigenvalue weighted by molar-refractivity contribution is -0.122. The molecule has 1 aromatic rings. The van der Waals surface area contributed by atoms with Gasteiger partial charge in [-0.1, -0.05) is 30.3 Å². The molecule has 92 valence electrons. The van der Waals surface area contributed by atoms with E-state index in [9.17, 15) is 4.79 Å². The molecule has 1 saturated carbocycles. The van der Waals surface area contributed by atoms with Gasteiger partial charge in [-0.3, -0.25) is 4.79 Å². The number of carbonyl (C=O) groups is 1. The van der Waals surface area contributed by atoms with Crippen LogP contribution in [0.3, 0.4) is 0 Å². The second-order valence-electron chi connectivity index (χ2n) is 4.91. The lowest BCUT2D eigenvalue weighted by atomic mass is 10.1. The normalized spacial score (nSPS) is 18.5. The minimum Gasteiger partial charge on any atom is -0.350 e. The summed E-state index contributed by atoms with van der Waals surface area (Å²) < 4.78 is 0. The Labute approximate surface area is 102 Å². The molecule has 0 aromatic heterocycles. The number of rotatable bonds is 5. The number of hydrogen-bond donors (Lipinski definition) is 2. The van der Waals surface area contributed by atoms with Crippen molar-refractivity contribution in [2.24, 2.45) is 11.7 Å². The number of amides is 1. The summed E-state index contributed by atoms with van der Waals surface area (Å²) in [4.78, 5) is 11.8. The average Bonchev–Trinajstić information content (AvgIpc) is 3.13. The van der Waals surface area contributed by atoms with E-state index in [1.165, 1.54) is 12.8 Å². The number of nitrogens with one attached hydrogen (secondary N) is 1. The first-order chi connectivity index (χ1) is 8.16. The first kappa shape index (κ1) is 12.1. The molecule has 0 heterocycles.